The fourth-order valence-electron chi connectivity index (χ4n) is 3.02. The number of aryl methyl sites for hydroxylation is 1. The van der Waals surface area contributed by atoms with Crippen LogP contribution in [0.1, 0.15) is 16.2 Å². The number of carbonyl (C=O) groups excluding carboxylic acids is 1. The van der Waals surface area contributed by atoms with E-state index >= 15 is 0 Å². The first-order valence-electron chi connectivity index (χ1n) is 8.27. The van der Waals surface area contributed by atoms with Crippen molar-refractivity contribution in [2.45, 2.75) is 6.92 Å². The third-order valence-corrected chi connectivity index (χ3v) is 4.25. The molecule has 0 bridgehead atoms. The van der Waals surface area contributed by atoms with Gasteiger partial charge in [-0.05, 0) is 49.4 Å². The topological polar surface area (TPSA) is 67.2 Å². The molecule has 0 aliphatic carbocycles. The SMILES string of the molecule is Cc1nc2cc(C(=O)Nc3ccccc3O)ccc2n1-c1ccccc1. The molecule has 0 unspecified atom stereocenters. The second-order valence-electron chi connectivity index (χ2n) is 6.00. The number of nitrogens with one attached hydrogen (secondary N) is 1. The Morgan fingerprint density at radius 1 is 1.00 bits per heavy atom. The van der Waals surface area contributed by atoms with Crippen molar-refractivity contribution in [2.75, 3.05) is 5.32 Å². The molecule has 0 saturated carbocycles. The number of rotatable bonds is 3. The van der Waals surface area contributed by atoms with Crippen LogP contribution in [-0.4, -0.2) is 20.6 Å². The van der Waals surface area contributed by atoms with Crippen LogP contribution in [-0.2, 0) is 0 Å². The van der Waals surface area contributed by atoms with Crippen molar-refractivity contribution >= 4 is 22.6 Å². The van der Waals surface area contributed by atoms with Crippen LogP contribution in [0.2, 0.25) is 0 Å². The van der Waals surface area contributed by atoms with E-state index in [0.29, 0.717) is 11.3 Å². The van der Waals surface area contributed by atoms with Gasteiger partial charge in [-0.25, -0.2) is 4.98 Å². The molecule has 4 aromatic rings. The molecular weight excluding hydrogens is 326 g/mol. The van der Waals surface area contributed by atoms with Crippen LogP contribution < -0.4 is 5.32 Å². The molecule has 0 saturated heterocycles. The highest BCUT2D eigenvalue weighted by Gasteiger charge is 2.13. The molecule has 1 heterocycles. The van der Waals surface area contributed by atoms with Crippen LogP contribution in [0.4, 0.5) is 5.69 Å². The lowest BCUT2D eigenvalue weighted by atomic mass is 10.1. The minimum atomic E-state index is -0.291. The van der Waals surface area contributed by atoms with Gasteiger partial charge in [0.1, 0.15) is 11.6 Å². The summed E-state index contributed by atoms with van der Waals surface area (Å²) in [5.41, 5.74) is 3.57. The predicted octanol–water partition coefficient (Wildman–Crippen LogP) is 4.29. The Balaban J connectivity index is 1.71. The molecule has 0 atom stereocenters. The Bertz CT molecular complexity index is 1100. The number of nitrogens with zero attached hydrogens (tertiary/aromatic N) is 2. The summed E-state index contributed by atoms with van der Waals surface area (Å²) in [7, 11) is 0. The van der Waals surface area contributed by atoms with Gasteiger partial charge in [0.05, 0.1) is 16.7 Å². The lowest BCUT2D eigenvalue weighted by Gasteiger charge is -2.08. The Morgan fingerprint density at radius 2 is 1.73 bits per heavy atom. The van der Waals surface area contributed by atoms with Crippen LogP contribution in [0.5, 0.6) is 5.75 Å². The lowest BCUT2D eigenvalue weighted by Crippen LogP contribution is -2.11. The van der Waals surface area contributed by atoms with Crippen molar-refractivity contribution in [2.24, 2.45) is 0 Å². The first kappa shape index (κ1) is 15.9. The van der Waals surface area contributed by atoms with Crippen LogP contribution in [0.25, 0.3) is 16.7 Å². The summed E-state index contributed by atoms with van der Waals surface area (Å²) in [6, 6.07) is 22.0. The molecule has 0 aliphatic heterocycles. The maximum Gasteiger partial charge on any atom is 0.255 e. The number of imidazole rings is 1. The molecule has 2 N–H and O–H groups in total. The average molecular weight is 343 g/mol. The van der Waals surface area contributed by atoms with E-state index in [9.17, 15) is 9.90 Å². The molecule has 5 nitrogen and oxygen atoms in total. The minimum absolute atomic E-state index is 0.0335. The van der Waals surface area contributed by atoms with Gasteiger partial charge in [0.25, 0.3) is 5.91 Å². The molecule has 128 valence electrons. The van der Waals surface area contributed by atoms with Crippen molar-refractivity contribution in [3.05, 3.63) is 84.2 Å². The third-order valence-electron chi connectivity index (χ3n) is 4.25. The molecule has 0 radical (unpaired) electrons. The van der Waals surface area contributed by atoms with Gasteiger partial charge in [-0.15, -0.1) is 0 Å². The number of para-hydroxylation sites is 3. The van der Waals surface area contributed by atoms with E-state index in [1.165, 1.54) is 6.07 Å². The highest BCUT2D eigenvalue weighted by molar-refractivity contribution is 6.06. The minimum Gasteiger partial charge on any atom is -0.506 e. The van der Waals surface area contributed by atoms with Crippen molar-refractivity contribution < 1.29 is 9.90 Å². The maximum atomic E-state index is 12.5. The molecule has 0 spiro atoms. The molecule has 4 rings (SSSR count). The molecule has 0 aliphatic rings. The van der Waals surface area contributed by atoms with E-state index in [2.05, 4.69) is 14.9 Å². The van der Waals surface area contributed by atoms with Crippen LogP contribution in [0, 0.1) is 6.92 Å². The standard InChI is InChI=1S/C21H17N3O2/c1-14-22-18-13-15(21(26)23-17-9-5-6-10-20(17)25)11-12-19(18)24(14)16-7-3-2-4-8-16/h2-13,25H,1H3,(H,23,26). The number of phenolic OH excluding ortho intramolecular Hbond substituents is 1. The zero-order chi connectivity index (χ0) is 18.1. The Kier molecular flexibility index (Phi) is 3.89. The van der Waals surface area contributed by atoms with E-state index in [0.717, 1.165) is 22.5 Å². The summed E-state index contributed by atoms with van der Waals surface area (Å²) in [6.07, 6.45) is 0. The maximum absolute atomic E-state index is 12.5. The first-order valence-corrected chi connectivity index (χ1v) is 8.27. The normalized spacial score (nSPS) is 10.8. The van der Waals surface area contributed by atoms with E-state index in [1.807, 2.05) is 43.3 Å². The van der Waals surface area contributed by atoms with Gasteiger partial charge < -0.3 is 10.4 Å². The summed E-state index contributed by atoms with van der Waals surface area (Å²) in [4.78, 5) is 17.1. The van der Waals surface area contributed by atoms with Gasteiger partial charge in [0.2, 0.25) is 0 Å². The van der Waals surface area contributed by atoms with E-state index < -0.39 is 0 Å². The Hall–Kier alpha value is -3.60. The Morgan fingerprint density at radius 3 is 2.50 bits per heavy atom. The molecule has 26 heavy (non-hydrogen) atoms. The summed E-state index contributed by atoms with van der Waals surface area (Å²) in [5.74, 6) is 0.593. The predicted molar refractivity (Wildman–Crippen MR) is 102 cm³/mol. The number of phenols is 1. The highest BCUT2D eigenvalue weighted by atomic mass is 16.3. The monoisotopic (exact) mass is 343 g/mol. The lowest BCUT2D eigenvalue weighted by molar-refractivity contribution is 0.102. The number of amides is 1. The zero-order valence-electron chi connectivity index (χ0n) is 14.2. The van der Waals surface area contributed by atoms with Gasteiger partial charge in [0, 0.05) is 11.3 Å². The molecule has 5 heteroatoms. The highest BCUT2D eigenvalue weighted by Crippen LogP contribution is 2.25. The summed E-state index contributed by atoms with van der Waals surface area (Å²) < 4.78 is 2.06. The van der Waals surface area contributed by atoms with Crippen LogP contribution in [0.15, 0.2) is 72.8 Å². The first-order chi connectivity index (χ1) is 12.6. The van der Waals surface area contributed by atoms with E-state index in [4.69, 9.17) is 0 Å². The number of hydrogen-bond acceptors (Lipinski definition) is 3. The van der Waals surface area contributed by atoms with Gasteiger partial charge in [-0.2, -0.15) is 0 Å². The summed E-state index contributed by atoms with van der Waals surface area (Å²) in [6.45, 7) is 1.94. The number of aromatic nitrogens is 2. The van der Waals surface area contributed by atoms with Crippen molar-refractivity contribution in [1.29, 1.82) is 0 Å². The number of hydrogen-bond donors (Lipinski definition) is 2. The van der Waals surface area contributed by atoms with E-state index in [-0.39, 0.29) is 11.7 Å². The number of anilines is 1. The van der Waals surface area contributed by atoms with Gasteiger partial charge >= 0.3 is 0 Å². The average Bonchev–Trinajstić information content (AvgIpc) is 2.99. The molecule has 1 amide bonds. The van der Waals surface area contributed by atoms with Crippen molar-refractivity contribution in [1.82, 2.24) is 9.55 Å². The van der Waals surface area contributed by atoms with Crippen LogP contribution in [0.3, 0.4) is 0 Å². The number of fused-ring (bicyclic) bond motifs is 1. The van der Waals surface area contributed by atoms with Crippen molar-refractivity contribution in [3.63, 3.8) is 0 Å². The molecule has 0 fully saturated rings. The Labute approximate surface area is 150 Å². The summed E-state index contributed by atoms with van der Waals surface area (Å²) >= 11 is 0. The van der Waals surface area contributed by atoms with Gasteiger partial charge in [-0.3, -0.25) is 9.36 Å². The smallest absolute Gasteiger partial charge is 0.255 e. The second-order valence-corrected chi connectivity index (χ2v) is 6.00. The van der Waals surface area contributed by atoms with Crippen LogP contribution >= 0.6 is 0 Å². The molecule has 1 aromatic heterocycles. The third kappa shape index (κ3) is 2.80. The summed E-state index contributed by atoms with van der Waals surface area (Å²) in [5, 5.41) is 12.5. The second kappa shape index (κ2) is 6.37. The largest absolute Gasteiger partial charge is 0.506 e. The van der Waals surface area contributed by atoms with E-state index in [1.54, 1.807) is 30.3 Å². The zero-order valence-corrected chi connectivity index (χ0v) is 14.2. The molecule has 3 aromatic carbocycles. The number of benzene rings is 3. The van der Waals surface area contributed by atoms with Gasteiger partial charge in [-0.1, -0.05) is 30.3 Å². The fraction of sp³-hybridized carbons (Fsp3) is 0.0476. The van der Waals surface area contributed by atoms with Gasteiger partial charge in [0.15, 0.2) is 0 Å². The number of carbonyl (C=O) groups is 1. The molecular formula is C21H17N3O2. The van der Waals surface area contributed by atoms with Crippen molar-refractivity contribution in [3.8, 4) is 11.4 Å². The fourth-order valence-corrected chi connectivity index (χ4v) is 3.02. The quantitative estimate of drug-likeness (QED) is 0.545. The number of aromatic hydroxyl groups is 1.